The van der Waals surface area contributed by atoms with Crippen LogP contribution in [0.4, 0.5) is 0 Å². The Bertz CT molecular complexity index is 432. The molecular weight excluding hydrogens is 252 g/mol. The fraction of sp³-hybridized carbons (Fsp3) is 0.571. The number of aliphatic hydroxyl groups is 1. The predicted octanol–water partition coefficient (Wildman–Crippen LogP) is 3.16. The molecular formula is C14H19ClO3. The highest BCUT2D eigenvalue weighted by molar-refractivity contribution is 6.31. The summed E-state index contributed by atoms with van der Waals surface area (Å²) in [6.45, 7) is 5.42. The zero-order chi connectivity index (χ0) is 13.1. The van der Waals surface area contributed by atoms with Crippen molar-refractivity contribution >= 4 is 11.6 Å². The number of aliphatic hydroxyl groups excluding tert-OH is 1. The van der Waals surface area contributed by atoms with Crippen molar-refractivity contribution in [2.75, 3.05) is 19.8 Å². The van der Waals surface area contributed by atoms with Crippen molar-refractivity contribution in [2.24, 2.45) is 0 Å². The van der Waals surface area contributed by atoms with E-state index in [2.05, 4.69) is 6.92 Å². The highest BCUT2D eigenvalue weighted by Gasteiger charge is 2.23. The average molecular weight is 271 g/mol. The lowest BCUT2D eigenvalue weighted by Gasteiger charge is -2.20. The van der Waals surface area contributed by atoms with Gasteiger partial charge in [0.1, 0.15) is 0 Å². The second-order valence-corrected chi connectivity index (χ2v) is 4.97. The zero-order valence-electron chi connectivity index (χ0n) is 10.8. The van der Waals surface area contributed by atoms with Gasteiger partial charge in [-0.2, -0.15) is 0 Å². The summed E-state index contributed by atoms with van der Waals surface area (Å²) in [6.07, 6.45) is 1.69. The van der Waals surface area contributed by atoms with Crippen LogP contribution in [0.1, 0.15) is 37.3 Å². The lowest BCUT2D eigenvalue weighted by molar-refractivity contribution is 0.271. The highest BCUT2D eigenvalue weighted by Crippen LogP contribution is 2.42. The van der Waals surface area contributed by atoms with E-state index in [1.54, 1.807) is 0 Å². The summed E-state index contributed by atoms with van der Waals surface area (Å²) in [7, 11) is 0. The Labute approximate surface area is 113 Å². The predicted molar refractivity (Wildman–Crippen MR) is 71.9 cm³/mol. The molecule has 1 aromatic carbocycles. The normalized spacial score (nSPS) is 16.2. The maximum absolute atomic E-state index is 9.36. The van der Waals surface area contributed by atoms with Gasteiger partial charge in [0.25, 0.3) is 0 Å². The summed E-state index contributed by atoms with van der Waals surface area (Å²) in [6, 6.07) is 1.81. The molecule has 0 radical (unpaired) electrons. The van der Waals surface area contributed by atoms with E-state index in [0.717, 1.165) is 35.5 Å². The van der Waals surface area contributed by atoms with Crippen LogP contribution in [0.5, 0.6) is 11.5 Å². The van der Waals surface area contributed by atoms with Gasteiger partial charge in [-0.15, -0.1) is 0 Å². The van der Waals surface area contributed by atoms with Crippen molar-refractivity contribution in [2.45, 2.75) is 32.6 Å². The fourth-order valence-corrected chi connectivity index (χ4v) is 2.73. The Morgan fingerprint density at radius 1 is 1.39 bits per heavy atom. The third kappa shape index (κ3) is 2.43. The van der Waals surface area contributed by atoms with E-state index >= 15 is 0 Å². The molecule has 1 unspecified atom stereocenters. The fourth-order valence-electron chi connectivity index (χ4n) is 2.33. The minimum absolute atomic E-state index is 0.00426. The summed E-state index contributed by atoms with van der Waals surface area (Å²) in [5, 5.41) is 10.0. The van der Waals surface area contributed by atoms with Gasteiger partial charge in [-0.05, 0) is 12.0 Å². The molecule has 1 aliphatic rings. The smallest absolute Gasteiger partial charge is 0.164 e. The topological polar surface area (TPSA) is 38.7 Å². The standard InChI is InChI=1S/C14H19ClO3/c1-3-10-13(9(2)8-16)11(15)7-12-14(10)18-6-4-5-17-12/h7,9,16H,3-6,8H2,1-2H3. The number of halogens is 1. The molecule has 3 nitrogen and oxygen atoms in total. The van der Waals surface area contributed by atoms with Crippen LogP contribution in [0, 0.1) is 0 Å². The zero-order valence-corrected chi connectivity index (χ0v) is 11.6. The van der Waals surface area contributed by atoms with E-state index in [0.29, 0.717) is 18.2 Å². The summed E-state index contributed by atoms with van der Waals surface area (Å²) < 4.78 is 11.5. The molecule has 18 heavy (non-hydrogen) atoms. The molecule has 1 aliphatic heterocycles. The van der Waals surface area contributed by atoms with Crippen molar-refractivity contribution in [3.63, 3.8) is 0 Å². The molecule has 100 valence electrons. The summed E-state index contributed by atoms with van der Waals surface area (Å²) in [5.74, 6) is 1.53. The number of fused-ring (bicyclic) bond motifs is 1. The summed E-state index contributed by atoms with van der Waals surface area (Å²) in [5.41, 5.74) is 2.03. The molecule has 1 heterocycles. The van der Waals surface area contributed by atoms with Crippen molar-refractivity contribution in [3.05, 3.63) is 22.2 Å². The first-order valence-electron chi connectivity index (χ1n) is 6.40. The summed E-state index contributed by atoms with van der Waals surface area (Å²) in [4.78, 5) is 0. The van der Waals surface area contributed by atoms with E-state index in [4.69, 9.17) is 21.1 Å². The Morgan fingerprint density at radius 3 is 2.78 bits per heavy atom. The Balaban J connectivity index is 2.57. The van der Waals surface area contributed by atoms with Crippen LogP contribution in [-0.2, 0) is 6.42 Å². The van der Waals surface area contributed by atoms with Crippen molar-refractivity contribution in [3.8, 4) is 11.5 Å². The Kier molecular flexibility index (Phi) is 4.36. The molecule has 0 saturated heterocycles. The van der Waals surface area contributed by atoms with Gasteiger partial charge < -0.3 is 14.6 Å². The first kappa shape index (κ1) is 13.5. The van der Waals surface area contributed by atoms with Crippen LogP contribution < -0.4 is 9.47 Å². The van der Waals surface area contributed by atoms with E-state index in [9.17, 15) is 5.11 Å². The van der Waals surface area contributed by atoms with Gasteiger partial charge in [0.05, 0.1) is 13.2 Å². The lowest BCUT2D eigenvalue weighted by atomic mass is 9.93. The van der Waals surface area contributed by atoms with E-state index in [-0.39, 0.29) is 12.5 Å². The number of benzene rings is 1. The number of ether oxygens (including phenoxy) is 2. The Morgan fingerprint density at radius 2 is 2.11 bits per heavy atom. The van der Waals surface area contributed by atoms with Crippen LogP contribution in [-0.4, -0.2) is 24.9 Å². The third-order valence-electron chi connectivity index (χ3n) is 3.25. The molecule has 0 aliphatic carbocycles. The molecule has 2 rings (SSSR count). The lowest BCUT2D eigenvalue weighted by Crippen LogP contribution is -2.07. The highest BCUT2D eigenvalue weighted by atomic mass is 35.5. The number of rotatable bonds is 3. The van der Waals surface area contributed by atoms with Gasteiger partial charge >= 0.3 is 0 Å². The minimum atomic E-state index is 0.00426. The van der Waals surface area contributed by atoms with Gasteiger partial charge in [-0.25, -0.2) is 0 Å². The van der Waals surface area contributed by atoms with Crippen molar-refractivity contribution in [1.82, 2.24) is 0 Å². The molecule has 0 aromatic heterocycles. The average Bonchev–Trinajstić information content (AvgIpc) is 2.61. The first-order chi connectivity index (χ1) is 8.69. The number of hydrogen-bond donors (Lipinski definition) is 1. The maximum Gasteiger partial charge on any atom is 0.164 e. The molecule has 1 aromatic rings. The van der Waals surface area contributed by atoms with Gasteiger partial charge in [0, 0.05) is 35.6 Å². The Hall–Kier alpha value is -0.930. The van der Waals surface area contributed by atoms with Crippen LogP contribution in [0.2, 0.25) is 5.02 Å². The van der Waals surface area contributed by atoms with Crippen molar-refractivity contribution < 1.29 is 14.6 Å². The molecule has 0 spiro atoms. The van der Waals surface area contributed by atoms with E-state index < -0.39 is 0 Å². The van der Waals surface area contributed by atoms with E-state index in [1.165, 1.54) is 0 Å². The first-order valence-corrected chi connectivity index (χ1v) is 6.78. The molecule has 1 N–H and O–H groups in total. The van der Waals surface area contributed by atoms with Gasteiger partial charge in [0.15, 0.2) is 11.5 Å². The molecule has 0 saturated carbocycles. The molecule has 4 heteroatoms. The molecule has 0 fully saturated rings. The second kappa shape index (κ2) is 5.81. The van der Waals surface area contributed by atoms with Gasteiger partial charge in [0.2, 0.25) is 0 Å². The number of hydrogen-bond acceptors (Lipinski definition) is 3. The third-order valence-corrected chi connectivity index (χ3v) is 3.56. The monoisotopic (exact) mass is 270 g/mol. The van der Waals surface area contributed by atoms with Crippen molar-refractivity contribution in [1.29, 1.82) is 0 Å². The van der Waals surface area contributed by atoms with Gasteiger partial charge in [-0.3, -0.25) is 0 Å². The quantitative estimate of drug-likeness (QED) is 0.917. The van der Waals surface area contributed by atoms with Crippen LogP contribution in [0.3, 0.4) is 0 Å². The second-order valence-electron chi connectivity index (χ2n) is 4.57. The SMILES string of the molecule is CCc1c2c(cc(Cl)c1C(C)CO)OCCCO2. The van der Waals surface area contributed by atoms with Crippen LogP contribution >= 0.6 is 11.6 Å². The van der Waals surface area contributed by atoms with Gasteiger partial charge in [-0.1, -0.05) is 25.4 Å². The molecule has 1 atom stereocenters. The summed E-state index contributed by atoms with van der Waals surface area (Å²) >= 11 is 6.33. The van der Waals surface area contributed by atoms with E-state index in [1.807, 2.05) is 13.0 Å². The molecule has 0 amide bonds. The van der Waals surface area contributed by atoms with Crippen LogP contribution in [0.15, 0.2) is 6.07 Å². The maximum atomic E-state index is 9.36. The largest absolute Gasteiger partial charge is 0.489 e. The minimum Gasteiger partial charge on any atom is -0.489 e. The molecule has 0 bridgehead atoms. The van der Waals surface area contributed by atoms with Crippen LogP contribution in [0.25, 0.3) is 0 Å².